The molecule has 2 heterocycles. The largest absolute Gasteiger partial charge is 0.493 e. The number of fused-ring (bicyclic) bond motifs is 1. The van der Waals surface area contributed by atoms with Crippen LogP contribution in [-0.2, 0) is 27.7 Å². The lowest BCUT2D eigenvalue weighted by molar-refractivity contribution is -0.141. The van der Waals surface area contributed by atoms with Crippen molar-refractivity contribution in [2.75, 3.05) is 39.8 Å². The minimum absolute atomic E-state index is 0.140. The van der Waals surface area contributed by atoms with Crippen LogP contribution in [0.5, 0.6) is 5.75 Å². The maximum absolute atomic E-state index is 13.5. The van der Waals surface area contributed by atoms with Gasteiger partial charge in [-0.15, -0.1) is 0 Å². The van der Waals surface area contributed by atoms with Crippen LogP contribution in [0.4, 0.5) is 0 Å². The number of piperidine rings is 1. The number of likely N-dealkylation sites (tertiary alicyclic amines) is 1. The summed E-state index contributed by atoms with van der Waals surface area (Å²) in [6, 6.07) is 15.3. The second-order valence-electron chi connectivity index (χ2n) is 11.3. The molecule has 1 saturated heterocycles. The maximum atomic E-state index is 13.5. The summed E-state index contributed by atoms with van der Waals surface area (Å²) in [5.74, 6) is 1.41. The molecule has 8 heteroatoms. The van der Waals surface area contributed by atoms with E-state index in [1.165, 1.54) is 22.5 Å². The second kappa shape index (κ2) is 11.8. The number of amides is 1. The van der Waals surface area contributed by atoms with Crippen molar-refractivity contribution in [3.63, 3.8) is 0 Å². The van der Waals surface area contributed by atoms with Gasteiger partial charge in [0.15, 0.2) is 0 Å². The highest BCUT2D eigenvalue weighted by Gasteiger charge is 2.43. The van der Waals surface area contributed by atoms with Crippen LogP contribution in [0.25, 0.3) is 0 Å². The van der Waals surface area contributed by atoms with Crippen LogP contribution in [-0.4, -0.2) is 79.8 Å². The fourth-order valence-electron chi connectivity index (χ4n) is 5.68. The Bertz CT molecular complexity index is 1210. The Hall–Kier alpha value is -2.42. The van der Waals surface area contributed by atoms with Gasteiger partial charge in [0.1, 0.15) is 11.3 Å². The van der Waals surface area contributed by atoms with Crippen molar-refractivity contribution >= 4 is 15.9 Å². The summed E-state index contributed by atoms with van der Waals surface area (Å²) >= 11 is 0. The van der Waals surface area contributed by atoms with Crippen LogP contribution in [0.2, 0.25) is 0 Å². The standard InChI is InChI=1S/C30H43N3O4S/c1-6-32(23(2)20-25-12-13-28-26(21-25)16-19-37-28)22-24-14-17-33(18-15-24)29(34)30(3,4)31(5)38(35,36)27-10-8-7-9-11-27/h7-13,21,23-24H,6,14-20,22H2,1-5H3/t23-/m0/s1. The third kappa shape index (κ3) is 6.08. The molecule has 0 unspecified atom stereocenters. The van der Waals surface area contributed by atoms with Gasteiger partial charge in [-0.25, -0.2) is 8.42 Å². The van der Waals surface area contributed by atoms with E-state index in [-0.39, 0.29) is 10.8 Å². The maximum Gasteiger partial charge on any atom is 0.243 e. The molecule has 1 amide bonds. The van der Waals surface area contributed by atoms with Crippen LogP contribution in [0, 0.1) is 5.92 Å². The lowest BCUT2D eigenvalue weighted by atomic mass is 9.93. The molecule has 4 rings (SSSR count). The van der Waals surface area contributed by atoms with Gasteiger partial charge in [0.25, 0.3) is 0 Å². The van der Waals surface area contributed by atoms with E-state index in [0.29, 0.717) is 25.0 Å². The predicted molar refractivity (Wildman–Crippen MR) is 151 cm³/mol. The smallest absolute Gasteiger partial charge is 0.243 e. The van der Waals surface area contributed by atoms with Gasteiger partial charge in [-0.3, -0.25) is 4.79 Å². The molecule has 0 saturated carbocycles. The number of carbonyl (C=O) groups excluding carboxylic acids is 1. The van der Waals surface area contributed by atoms with Crippen molar-refractivity contribution in [2.24, 2.45) is 5.92 Å². The van der Waals surface area contributed by atoms with Gasteiger partial charge in [-0.2, -0.15) is 4.31 Å². The fraction of sp³-hybridized carbons (Fsp3) is 0.567. The van der Waals surface area contributed by atoms with E-state index in [9.17, 15) is 13.2 Å². The van der Waals surface area contributed by atoms with Gasteiger partial charge < -0.3 is 14.5 Å². The molecular weight excluding hydrogens is 498 g/mol. The second-order valence-corrected chi connectivity index (χ2v) is 13.2. The van der Waals surface area contributed by atoms with E-state index in [0.717, 1.165) is 51.1 Å². The van der Waals surface area contributed by atoms with Crippen LogP contribution in [0.3, 0.4) is 0 Å². The molecule has 2 aromatic rings. The highest BCUT2D eigenvalue weighted by molar-refractivity contribution is 7.89. The van der Waals surface area contributed by atoms with Gasteiger partial charge in [0.2, 0.25) is 15.9 Å². The normalized spacial score (nSPS) is 17.5. The van der Waals surface area contributed by atoms with E-state index < -0.39 is 15.6 Å². The Labute approximate surface area is 228 Å². The monoisotopic (exact) mass is 541 g/mol. The van der Waals surface area contributed by atoms with Crippen LogP contribution in [0.1, 0.15) is 51.7 Å². The Balaban J connectivity index is 1.32. The quantitative estimate of drug-likeness (QED) is 0.451. The molecule has 0 aliphatic carbocycles. The van der Waals surface area contributed by atoms with Gasteiger partial charge >= 0.3 is 0 Å². The summed E-state index contributed by atoms with van der Waals surface area (Å²) in [6.45, 7) is 12.0. The SMILES string of the molecule is CCN(CC1CCN(C(=O)C(C)(C)N(C)S(=O)(=O)c2ccccc2)CC1)[C@@H](C)Cc1ccc2c(c1)CCO2. The molecule has 2 aromatic carbocycles. The van der Waals surface area contributed by atoms with E-state index >= 15 is 0 Å². The predicted octanol–water partition coefficient (Wildman–Crippen LogP) is 4.21. The number of ether oxygens (including phenoxy) is 1. The number of hydrogen-bond donors (Lipinski definition) is 0. The molecule has 2 aliphatic rings. The molecule has 208 valence electrons. The summed E-state index contributed by atoms with van der Waals surface area (Å²) in [5.41, 5.74) is 1.50. The first-order chi connectivity index (χ1) is 18.0. The van der Waals surface area contributed by atoms with Crippen molar-refractivity contribution < 1.29 is 17.9 Å². The van der Waals surface area contributed by atoms with Gasteiger partial charge in [0.05, 0.1) is 11.5 Å². The Morgan fingerprint density at radius 3 is 2.47 bits per heavy atom. The number of sulfonamides is 1. The third-order valence-corrected chi connectivity index (χ3v) is 10.5. The van der Waals surface area contributed by atoms with Crippen LogP contribution < -0.4 is 4.74 Å². The topological polar surface area (TPSA) is 70.2 Å². The van der Waals surface area contributed by atoms with E-state index in [4.69, 9.17) is 4.74 Å². The fourth-order valence-corrected chi connectivity index (χ4v) is 7.18. The Morgan fingerprint density at radius 2 is 1.82 bits per heavy atom. The molecule has 0 bridgehead atoms. The minimum atomic E-state index is -3.78. The van der Waals surface area contributed by atoms with E-state index in [2.05, 4.69) is 36.9 Å². The molecular formula is C30H43N3O4S. The number of rotatable bonds is 10. The number of hydrogen-bond acceptors (Lipinski definition) is 5. The van der Waals surface area contributed by atoms with Gasteiger partial charge in [0, 0.05) is 39.1 Å². The number of likely N-dealkylation sites (N-methyl/N-ethyl adjacent to an activating group) is 2. The number of benzene rings is 2. The van der Waals surface area contributed by atoms with Crippen molar-refractivity contribution in [3.05, 3.63) is 59.7 Å². The molecule has 1 atom stereocenters. The van der Waals surface area contributed by atoms with E-state index in [1.54, 1.807) is 44.2 Å². The first-order valence-corrected chi connectivity index (χ1v) is 15.3. The molecule has 0 N–H and O–H groups in total. The Morgan fingerprint density at radius 1 is 1.13 bits per heavy atom. The van der Waals surface area contributed by atoms with Gasteiger partial charge in [-0.05, 0) is 81.8 Å². The summed E-state index contributed by atoms with van der Waals surface area (Å²) in [5, 5.41) is 0. The first kappa shape index (κ1) is 28.6. The molecule has 7 nitrogen and oxygen atoms in total. The molecule has 2 aliphatic heterocycles. The molecule has 1 fully saturated rings. The van der Waals surface area contributed by atoms with Crippen molar-refractivity contribution in [1.82, 2.24) is 14.1 Å². The average Bonchev–Trinajstić information content (AvgIpc) is 3.39. The zero-order chi connectivity index (χ0) is 27.5. The number of carbonyl (C=O) groups is 1. The molecule has 0 aromatic heterocycles. The van der Waals surface area contributed by atoms with Crippen LogP contribution >= 0.6 is 0 Å². The zero-order valence-corrected chi connectivity index (χ0v) is 24.3. The van der Waals surface area contributed by atoms with E-state index in [1.807, 2.05) is 4.90 Å². The molecule has 38 heavy (non-hydrogen) atoms. The lowest BCUT2D eigenvalue weighted by Crippen LogP contribution is -2.57. The zero-order valence-electron chi connectivity index (χ0n) is 23.5. The summed E-state index contributed by atoms with van der Waals surface area (Å²) in [6.07, 6.45) is 3.86. The highest BCUT2D eigenvalue weighted by atomic mass is 32.2. The average molecular weight is 542 g/mol. The van der Waals surface area contributed by atoms with Crippen molar-refractivity contribution in [1.29, 1.82) is 0 Å². The number of nitrogens with zero attached hydrogens (tertiary/aromatic N) is 3. The highest BCUT2D eigenvalue weighted by Crippen LogP contribution is 2.29. The molecule has 0 spiro atoms. The lowest BCUT2D eigenvalue weighted by Gasteiger charge is -2.41. The minimum Gasteiger partial charge on any atom is -0.493 e. The van der Waals surface area contributed by atoms with Crippen LogP contribution in [0.15, 0.2) is 53.4 Å². The molecule has 0 radical (unpaired) electrons. The van der Waals surface area contributed by atoms with Gasteiger partial charge in [-0.1, -0.05) is 37.3 Å². The summed E-state index contributed by atoms with van der Waals surface area (Å²) in [4.78, 5) is 18.1. The summed E-state index contributed by atoms with van der Waals surface area (Å²) < 4.78 is 33.2. The van der Waals surface area contributed by atoms with Crippen molar-refractivity contribution in [2.45, 2.75) is 69.9 Å². The first-order valence-electron chi connectivity index (χ1n) is 13.9. The summed E-state index contributed by atoms with van der Waals surface area (Å²) in [7, 11) is -2.28. The third-order valence-electron chi connectivity index (χ3n) is 8.42. The van der Waals surface area contributed by atoms with Crippen molar-refractivity contribution in [3.8, 4) is 5.75 Å². The Kier molecular flexibility index (Phi) is 8.85.